The monoisotopic (exact) mass is 584 g/mol. The van der Waals surface area contributed by atoms with Gasteiger partial charge in [0.1, 0.15) is 11.9 Å². The first-order valence-electron chi connectivity index (χ1n) is 12.5. The molecule has 0 radical (unpaired) electrons. The lowest BCUT2D eigenvalue weighted by Gasteiger charge is -2.35. The average molecular weight is 586 g/mol. The van der Waals surface area contributed by atoms with Gasteiger partial charge in [-0.2, -0.15) is 4.31 Å². The number of nitrogens with one attached hydrogen (secondary N) is 2. The molecular formula is C26H31Cl2FN4O4S. The Morgan fingerprint density at radius 3 is 2.37 bits per heavy atom. The molecule has 2 aliphatic rings. The normalized spacial score (nSPS) is 20.7. The van der Waals surface area contributed by atoms with Crippen LogP contribution < -0.4 is 10.6 Å². The molecule has 0 bridgehead atoms. The Balaban J connectivity index is 1.34. The van der Waals surface area contributed by atoms with E-state index in [4.69, 9.17) is 23.2 Å². The van der Waals surface area contributed by atoms with E-state index in [0.717, 1.165) is 18.2 Å². The summed E-state index contributed by atoms with van der Waals surface area (Å²) in [5.41, 5.74) is 1.39. The van der Waals surface area contributed by atoms with Gasteiger partial charge in [0, 0.05) is 43.7 Å². The fourth-order valence-electron chi connectivity index (χ4n) is 4.69. The van der Waals surface area contributed by atoms with Crippen LogP contribution in [0, 0.1) is 5.82 Å². The van der Waals surface area contributed by atoms with E-state index in [1.165, 1.54) is 28.6 Å². The topological polar surface area (TPSA) is 98.8 Å². The van der Waals surface area contributed by atoms with Gasteiger partial charge in [0.05, 0.1) is 16.3 Å². The van der Waals surface area contributed by atoms with E-state index in [-0.39, 0.29) is 48.5 Å². The Hall–Kier alpha value is -2.24. The van der Waals surface area contributed by atoms with Crippen LogP contribution in [0.25, 0.3) is 0 Å². The Bertz CT molecular complexity index is 1270. The SMILES string of the molecule is CS(=O)(=O)N1CCN(C(=O)C(CCCN[C@H]2C[C@@H]2c2ccc(F)cc2)NC(=O)c2ccc(Cl)c(Cl)c2)CC1. The van der Waals surface area contributed by atoms with Crippen molar-refractivity contribution in [1.29, 1.82) is 0 Å². The van der Waals surface area contributed by atoms with Gasteiger partial charge >= 0.3 is 0 Å². The number of sulfonamides is 1. The fourth-order valence-corrected chi connectivity index (χ4v) is 5.81. The zero-order valence-corrected chi connectivity index (χ0v) is 23.3. The minimum atomic E-state index is -3.33. The summed E-state index contributed by atoms with van der Waals surface area (Å²) in [6.07, 6.45) is 3.15. The molecular weight excluding hydrogens is 554 g/mol. The predicted molar refractivity (Wildman–Crippen MR) is 145 cm³/mol. The van der Waals surface area contributed by atoms with Gasteiger partial charge in [0.2, 0.25) is 15.9 Å². The van der Waals surface area contributed by atoms with Crippen molar-refractivity contribution in [2.45, 2.75) is 37.3 Å². The van der Waals surface area contributed by atoms with Crippen LogP contribution in [0.3, 0.4) is 0 Å². The van der Waals surface area contributed by atoms with Crippen molar-refractivity contribution in [3.63, 3.8) is 0 Å². The first kappa shape index (κ1) is 28.8. The molecule has 38 heavy (non-hydrogen) atoms. The van der Waals surface area contributed by atoms with Crippen molar-refractivity contribution in [2.75, 3.05) is 39.0 Å². The lowest BCUT2D eigenvalue weighted by molar-refractivity contribution is -0.134. The van der Waals surface area contributed by atoms with E-state index in [1.807, 2.05) is 0 Å². The van der Waals surface area contributed by atoms with Crippen molar-refractivity contribution < 1.29 is 22.4 Å². The fraction of sp³-hybridized carbons (Fsp3) is 0.462. The second kappa shape index (κ2) is 12.3. The van der Waals surface area contributed by atoms with Gasteiger partial charge in [-0.1, -0.05) is 35.3 Å². The van der Waals surface area contributed by atoms with Crippen molar-refractivity contribution in [3.8, 4) is 0 Å². The van der Waals surface area contributed by atoms with Crippen molar-refractivity contribution in [3.05, 3.63) is 69.5 Å². The maximum Gasteiger partial charge on any atom is 0.251 e. The number of hydrogen-bond acceptors (Lipinski definition) is 5. The highest BCUT2D eigenvalue weighted by Gasteiger charge is 2.38. The summed E-state index contributed by atoms with van der Waals surface area (Å²) in [6.45, 7) is 1.59. The predicted octanol–water partition coefficient (Wildman–Crippen LogP) is 3.26. The third-order valence-corrected chi connectivity index (χ3v) is 9.01. The van der Waals surface area contributed by atoms with Gasteiger partial charge in [0.25, 0.3) is 5.91 Å². The van der Waals surface area contributed by atoms with E-state index >= 15 is 0 Å². The molecule has 1 unspecified atom stereocenters. The van der Waals surface area contributed by atoms with Crippen molar-refractivity contribution >= 4 is 45.0 Å². The highest BCUT2D eigenvalue weighted by Crippen LogP contribution is 2.40. The highest BCUT2D eigenvalue weighted by molar-refractivity contribution is 7.88. The quantitative estimate of drug-likeness (QED) is 0.418. The van der Waals surface area contributed by atoms with Gasteiger partial charge in [-0.25, -0.2) is 12.8 Å². The van der Waals surface area contributed by atoms with E-state index in [2.05, 4.69) is 10.6 Å². The van der Waals surface area contributed by atoms with Crippen LogP contribution in [0.1, 0.15) is 41.1 Å². The molecule has 12 heteroatoms. The zero-order valence-electron chi connectivity index (χ0n) is 21.0. The molecule has 2 amide bonds. The number of benzene rings is 2. The summed E-state index contributed by atoms with van der Waals surface area (Å²) in [5, 5.41) is 6.88. The number of amides is 2. The molecule has 8 nitrogen and oxygen atoms in total. The second-order valence-electron chi connectivity index (χ2n) is 9.74. The molecule has 1 aliphatic carbocycles. The van der Waals surface area contributed by atoms with Gasteiger partial charge in [-0.15, -0.1) is 0 Å². The van der Waals surface area contributed by atoms with Gasteiger partial charge in [0.15, 0.2) is 0 Å². The molecule has 206 valence electrons. The molecule has 0 spiro atoms. The molecule has 0 aromatic heterocycles. The van der Waals surface area contributed by atoms with Crippen LogP contribution in [0.2, 0.25) is 10.0 Å². The summed E-state index contributed by atoms with van der Waals surface area (Å²) in [4.78, 5) is 27.9. The van der Waals surface area contributed by atoms with Crippen LogP contribution in [-0.4, -0.2) is 80.5 Å². The maximum atomic E-state index is 13.4. The van der Waals surface area contributed by atoms with E-state index < -0.39 is 22.0 Å². The Labute approximate surface area is 232 Å². The molecule has 2 aromatic carbocycles. The first-order chi connectivity index (χ1) is 18.0. The zero-order chi connectivity index (χ0) is 27.4. The number of halogens is 3. The summed E-state index contributed by atoms with van der Waals surface area (Å²) >= 11 is 12.0. The molecule has 2 aromatic rings. The van der Waals surface area contributed by atoms with Crippen LogP contribution in [0.5, 0.6) is 0 Å². The molecule has 1 saturated carbocycles. The summed E-state index contributed by atoms with van der Waals surface area (Å²) < 4.78 is 38.2. The summed E-state index contributed by atoms with van der Waals surface area (Å²) in [7, 11) is -3.33. The largest absolute Gasteiger partial charge is 0.340 e. The molecule has 2 N–H and O–H groups in total. The number of hydrogen-bond donors (Lipinski definition) is 2. The molecule has 3 atom stereocenters. The van der Waals surface area contributed by atoms with Crippen molar-refractivity contribution in [1.82, 2.24) is 19.8 Å². The smallest absolute Gasteiger partial charge is 0.251 e. The van der Waals surface area contributed by atoms with Gasteiger partial charge < -0.3 is 15.5 Å². The van der Waals surface area contributed by atoms with Crippen LogP contribution in [-0.2, 0) is 14.8 Å². The second-order valence-corrected chi connectivity index (χ2v) is 12.5. The number of rotatable bonds is 10. The minimum Gasteiger partial charge on any atom is -0.340 e. The first-order valence-corrected chi connectivity index (χ1v) is 15.1. The van der Waals surface area contributed by atoms with Gasteiger partial charge in [-0.3, -0.25) is 9.59 Å². The lowest BCUT2D eigenvalue weighted by atomic mass is 10.1. The maximum absolute atomic E-state index is 13.4. The number of nitrogens with zero attached hydrogens (tertiary/aromatic N) is 2. The minimum absolute atomic E-state index is 0.214. The third-order valence-electron chi connectivity index (χ3n) is 6.97. The Morgan fingerprint density at radius 2 is 1.74 bits per heavy atom. The summed E-state index contributed by atoms with van der Waals surface area (Å²) in [6, 6.07) is 10.6. The Kier molecular flexibility index (Phi) is 9.31. The lowest BCUT2D eigenvalue weighted by Crippen LogP contribution is -2.55. The number of carbonyl (C=O) groups excluding carboxylic acids is 2. The third kappa shape index (κ3) is 7.45. The molecule has 4 rings (SSSR count). The molecule has 1 saturated heterocycles. The van der Waals surface area contributed by atoms with E-state index in [9.17, 15) is 22.4 Å². The molecule has 2 fully saturated rings. The Morgan fingerprint density at radius 1 is 1.05 bits per heavy atom. The van der Waals surface area contributed by atoms with Gasteiger partial charge in [-0.05, 0) is 61.7 Å². The number of piperazine rings is 1. The van der Waals surface area contributed by atoms with E-state index in [0.29, 0.717) is 36.4 Å². The highest BCUT2D eigenvalue weighted by atomic mass is 35.5. The molecule has 1 aliphatic heterocycles. The van der Waals surface area contributed by atoms with Crippen LogP contribution in [0.4, 0.5) is 4.39 Å². The number of carbonyl (C=O) groups is 2. The van der Waals surface area contributed by atoms with Crippen LogP contribution >= 0.6 is 23.2 Å². The van der Waals surface area contributed by atoms with Crippen molar-refractivity contribution in [2.24, 2.45) is 0 Å². The molecule has 1 heterocycles. The van der Waals surface area contributed by atoms with E-state index in [1.54, 1.807) is 23.1 Å². The summed E-state index contributed by atoms with van der Waals surface area (Å²) in [5.74, 6) is -0.603. The van der Waals surface area contributed by atoms with Crippen LogP contribution in [0.15, 0.2) is 42.5 Å². The average Bonchev–Trinajstić information content (AvgIpc) is 3.66. The standard InChI is InChI=1S/C26H31Cl2FN4O4S/c1-38(36,37)33-13-11-32(12-14-33)26(35)23(31-25(34)18-6-9-21(27)22(28)15-18)3-2-10-30-24-16-20(24)17-4-7-19(29)8-5-17/h4-9,15,20,23-24,30H,2-3,10-14,16H2,1H3,(H,31,34)/t20-,23?,24+/m1/s1.